The number of nitrogens with one attached hydrogen (secondary N) is 1. The topological polar surface area (TPSA) is 72.7 Å². The molecule has 0 atom stereocenters. The van der Waals surface area contributed by atoms with Crippen LogP contribution in [0.25, 0.3) is 11.4 Å². The summed E-state index contributed by atoms with van der Waals surface area (Å²) in [5, 5.41) is 12.0. The minimum absolute atomic E-state index is 0.0585. The Morgan fingerprint density at radius 2 is 2.04 bits per heavy atom. The largest absolute Gasteiger partial charge is 0.325 e. The second-order valence-electron chi connectivity index (χ2n) is 5.45. The maximum absolute atomic E-state index is 12.2. The van der Waals surface area contributed by atoms with E-state index >= 15 is 0 Å². The van der Waals surface area contributed by atoms with Gasteiger partial charge in [0.05, 0.1) is 5.75 Å². The first-order valence-corrected chi connectivity index (χ1v) is 8.98. The molecule has 0 unspecified atom stereocenters. The van der Waals surface area contributed by atoms with Gasteiger partial charge in [0.2, 0.25) is 5.91 Å². The lowest BCUT2D eigenvalue weighted by Crippen LogP contribution is -2.15. The number of hydrogen-bond donors (Lipinski definition) is 1. The molecule has 2 aromatic heterocycles. The maximum atomic E-state index is 12.2. The van der Waals surface area contributed by atoms with E-state index in [4.69, 9.17) is 0 Å². The number of nitrogens with zero attached hydrogens (tertiary/aromatic N) is 4. The van der Waals surface area contributed by atoms with E-state index in [9.17, 15) is 4.79 Å². The third kappa shape index (κ3) is 4.06. The Labute approximate surface area is 150 Å². The number of carbonyl (C=O) groups is 1. The Morgan fingerprint density at radius 1 is 1.20 bits per heavy atom. The van der Waals surface area contributed by atoms with E-state index in [0.29, 0.717) is 5.16 Å². The first kappa shape index (κ1) is 17.2. The first-order chi connectivity index (χ1) is 12.2. The van der Waals surface area contributed by atoms with E-state index < -0.39 is 0 Å². The normalized spacial score (nSPS) is 10.6. The molecule has 7 heteroatoms. The predicted octanol–water partition coefficient (Wildman–Crippen LogP) is 3.17. The van der Waals surface area contributed by atoms with Gasteiger partial charge in [0.25, 0.3) is 0 Å². The van der Waals surface area contributed by atoms with Gasteiger partial charge in [-0.3, -0.25) is 9.78 Å². The molecule has 0 saturated heterocycles. The Morgan fingerprint density at radius 3 is 2.80 bits per heavy atom. The molecule has 0 aliphatic carbocycles. The van der Waals surface area contributed by atoms with Gasteiger partial charge in [0, 0.05) is 30.7 Å². The van der Waals surface area contributed by atoms with E-state index in [1.165, 1.54) is 11.8 Å². The zero-order chi connectivity index (χ0) is 17.6. The van der Waals surface area contributed by atoms with Crippen LogP contribution in [0.4, 0.5) is 5.69 Å². The SMILES string of the molecule is CCc1ccccc1NC(=O)CSc1nnc(-c2cccnc2)n1C. The van der Waals surface area contributed by atoms with Gasteiger partial charge in [-0.2, -0.15) is 0 Å². The van der Waals surface area contributed by atoms with Crippen LogP contribution in [-0.4, -0.2) is 31.4 Å². The van der Waals surface area contributed by atoms with Gasteiger partial charge in [-0.05, 0) is 30.2 Å². The fraction of sp³-hybridized carbons (Fsp3) is 0.222. The highest BCUT2D eigenvalue weighted by Crippen LogP contribution is 2.22. The fourth-order valence-corrected chi connectivity index (χ4v) is 3.16. The fourth-order valence-electron chi connectivity index (χ4n) is 2.45. The monoisotopic (exact) mass is 353 g/mol. The Balaban J connectivity index is 1.64. The molecular weight excluding hydrogens is 334 g/mol. The minimum Gasteiger partial charge on any atom is -0.325 e. The number of benzene rings is 1. The summed E-state index contributed by atoms with van der Waals surface area (Å²) >= 11 is 1.36. The number of anilines is 1. The number of aromatic nitrogens is 4. The van der Waals surface area contributed by atoms with Crippen molar-refractivity contribution in [2.45, 2.75) is 18.5 Å². The van der Waals surface area contributed by atoms with Crippen LogP contribution in [0.3, 0.4) is 0 Å². The second-order valence-corrected chi connectivity index (χ2v) is 6.40. The highest BCUT2D eigenvalue weighted by Gasteiger charge is 2.13. The van der Waals surface area contributed by atoms with E-state index in [2.05, 4.69) is 27.4 Å². The van der Waals surface area contributed by atoms with Gasteiger partial charge in [-0.25, -0.2) is 0 Å². The van der Waals surface area contributed by atoms with Crippen LogP contribution in [0.5, 0.6) is 0 Å². The van der Waals surface area contributed by atoms with Crippen LogP contribution in [0, 0.1) is 0 Å². The zero-order valence-corrected chi connectivity index (χ0v) is 15.0. The van der Waals surface area contributed by atoms with Crippen molar-refractivity contribution >= 4 is 23.4 Å². The van der Waals surface area contributed by atoms with Crippen molar-refractivity contribution < 1.29 is 4.79 Å². The summed E-state index contributed by atoms with van der Waals surface area (Å²) < 4.78 is 1.87. The van der Waals surface area contributed by atoms with Crippen molar-refractivity contribution in [3.8, 4) is 11.4 Å². The number of hydrogen-bond acceptors (Lipinski definition) is 5. The summed E-state index contributed by atoms with van der Waals surface area (Å²) in [7, 11) is 1.88. The Bertz CT molecular complexity index is 863. The molecule has 1 N–H and O–H groups in total. The van der Waals surface area contributed by atoms with E-state index in [1.807, 2.05) is 48.0 Å². The molecule has 0 bridgehead atoms. The van der Waals surface area contributed by atoms with Crippen molar-refractivity contribution in [2.75, 3.05) is 11.1 Å². The van der Waals surface area contributed by atoms with Crippen LogP contribution >= 0.6 is 11.8 Å². The van der Waals surface area contributed by atoms with Crippen LogP contribution in [-0.2, 0) is 18.3 Å². The molecule has 0 aliphatic heterocycles. The molecule has 2 heterocycles. The van der Waals surface area contributed by atoms with Crippen LogP contribution in [0.1, 0.15) is 12.5 Å². The molecule has 3 aromatic rings. The second kappa shape index (κ2) is 7.94. The lowest BCUT2D eigenvalue weighted by Gasteiger charge is -2.09. The number of amides is 1. The quantitative estimate of drug-likeness (QED) is 0.689. The average molecular weight is 353 g/mol. The van der Waals surface area contributed by atoms with Crippen molar-refractivity contribution in [3.05, 3.63) is 54.4 Å². The number of para-hydroxylation sites is 1. The molecule has 0 spiro atoms. The smallest absolute Gasteiger partial charge is 0.234 e. The number of carbonyl (C=O) groups excluding carboxylic acids is 1. The van der Waals surface area contributed by atoms with E-state index in [1.54, 1.807) is 12.4 Å². The minimum atomic E-state index is -0.0585. The molecule has 128 valence electrons. The number of pyridine rings is 1. The van der Waals surface area contributed by atoms with E-state index in [-0.39, 0.29) is 11.7 Å². The summed E-state index contributed by atoms with van der Waals surface area (Å²) in [5.41, 5.74) is 2.88. The van der Waals surface area contributed by atoms with Crippen molar-refractivity contribution in [2.24, 2.45) is 7.05 Å². The summed E-state index contributed by atoms with van der Waals surface area (Å²) in [4.78, 5) is 16.3. The number of rotatable bonds is 6. The average Bonchev–Trinajstić information content (AvgIpc) is 3.02. The van der Waals surface area contributed by atoms with Gasteiger partial charge >= 0.3 is 0 Å². The molecule has 3 rings (SSSR count). The van der Waals surface area contributed by atoms with Gasteiger partial charge in [0.15, 0.2) is 11.0 Å². The van der Waals surface area contributed by atoms with Gasteiger partial charge < -0.3 is 9.88 Å². The molecular formula is C18H19N5OS. The van der Waals surface area contributed by atoms with Gasteiger partial charge in [0.1, 0.15) is 0 Å². The van der Waals surface area contributed by atoms with Crippen molar-refractivity contribution in [1.29, 1.82) is 0 Å². The Kier molecular flexibility index (Phi) is 5.45. The molecule has 25 heavy (non-hydrogen) atoms. The third-order valence-corrected chi connectivity index (χ3v) is 4.78. The third-order valence-electron chi connectivity index (χ3n) is 3.76. The molecule has 6 nitrogen and oxygen atoms in total. The first-order valence-electron chi connectivity index (χ1n) is 7.99. The standard InChI is InChI=1S/C18H19N5OS/c1-3-13-7-4-5-9-15(13)20-16(24)12-25-18-22-21-17(23(18)2)14-8-6-10-19-11-14/h4-11H,3,12H2,1-2H3,(H,20,24). The molecule has 1 amide bonds. The van der Waals surface area contributed by atoms with Crippen LogP contribution < -0.4 is 5.32 Å². The summed E-state index contributed by atoms with van der Waals surface area (Å²) in [5.74, 6) is 0.945. The zero-order valence-electron chi connectivity index (χ0n) is 14.1. The molecule has 0 saturated carbocycles. The highest BCUT2D eigenvalue weighted by molar-refractivity contribution is 7.99. The summed E-state index contributed by atoms with van der Waals surface area (Å²) in [6.45, 7) is 2.07. The van der Waals surface area contributed by atoms with Crippen molar-refractivity contribution in [1.82, 2.24) is 19.7 Å². The summed E-state index contributed by atoms with van der Waals surface area (Å²) in [6, 6.07) is 11.6. The van der Waals surface area contributed by atoms with Crippen LogP contribution in [0.15, 0.2) is 53.9 Å². The Hall–Kier alpha value is -2.67. The molecule has 0 radical (unpaired) electrons. The number of thioether (sulfide) groups is 1. The lowest BCUT2D eigenvalue weighted by atomic mass is 10.1. The summed E-state index contributed by atoms with van der Waals surface area (Å²) in [6.07, 6.45) is 4.34. The van der Waals surface area contributed by atoms with Gasteiger partial charge in [-0.1, -0.05) is 36.9 Å². The molecule has 0 fully saturated rings. The van der Waals surface area contributed by atoms with Gasteiger partial charge in [-0.15, -0.1) is 10.2 Å². The van der Waals surface area contributed by atoms with Crippen LogP contribution in [0.2, 0.25) is 0 Å². The molecule has 0 aliphatic rings. The lowest BCUT2D eigenvalue weighted by molar-refractivity contribution is -0.113. The maximum Gasteiger partial charge on any atom is 0.234 e. The number of aryl methyl sites for hydroxylation is 1. The predicted molar refractivity (Wildman–Crippen MR) is 99.4 cm³/mol. The molecule has 1 aromatic carbocycles. The highest BCUT2D eigenvalue weighted by atomic mass is 32.2. The van der Waals surface area contributed by atoms with E-state index in [0.717, 1.165) is 29.1 Å². The van der Waals surface area contributed by atoms with Crippen molar-refractivity contribution in [3.63, 3.8) is 0 Å².